The van der Waals surface area contributed by atoms with Crippen LogP contribution in [0.3, 0.4) is 0 Å². The monoisotopic (exact) mass is 355 g/mol. The molecule has 0 radical (unpaired) electrons. The van der Waals surface area contributed by atoms with E-state index in [4.69, 9.17) is 0 Å². The van der Waals surface area contributed by atoms with Crippen molar-refractivity contribution in [2.24, 2.45) is 0 Å². The SMILES string of the molecule is CC(C)c1cccc(NC(=O)c2cc(-c3cccc4ccccc34)n[nH]2)c1. The van der Waals surface area contributed by atoms with Gasteiger partial charge < -0.3 is 5.32 Å². The van der Waals surface area contributed by atoms with E-state index in [0.29, 0.717) is 11.6 Å². The van der Waals surface area contributed by atoms with Crippen molar-refractivity contribution in [2.45, 2.75) is 19.8 Å². The van der Waals surface area contributed by atoms with Crippen molar-refractivity contribution in [1.29, 1.82) is 0 Å². The van der Waals surface area contributed by atoms with E-state index in [-0.39, 0.29) is 5.91 Å². The largest absolute Gasteiger partial charge is 0.321 e. The fourth-order valence-corrected chi connectivity index (χ4v) is 3.20. The Bertz CT molecular complexity index is 1110. The highest BCUT2D eigenvalue weighted by Gasteiger charge is 2.13. The number of H-pyrrole nitrogens is 1. The van der Waals surface area contributed by atoms with Gasteiger partial charge in [0.05, 0.1) is 5.69 Å². The smallest absolute Gasteiger partial charge is 0.273 e. The van der Waals surface area contributed by atoms with Gasteiger partial charge in [0, 0.05) is 11.3 Å². The van der Waals surface area contributed by atoms with Crippen molar-refractivity contribution < 1.29 is 4.79 Å². The first-order chi connectivity index (χ1) is 13.1. The second-order valence-corrected chi connectivity index (χ2v) is 6.93. The molecule has 0 bridgehead atoms. The Hall–Kier alpha value is -3.40. The summed E-state index contributed by atoms with van der Waals surface area (Å²) in [7, 11) is 0. The Labute approximate surface area is 158 Å². The first-order valence-electron chi connectivity index (χ1n) is 9.06. The minimum atomic E-state index is -0.199. The molecule has 1 aromatic heterocycles. The highest BCUT2D eigenvalue weighted by atomic mass is 16.1. The number of nitrogens with zero attached hydrogens (tertiary/aromatic N) is 1. The molecule has 134 valence electrons. The lowest BCUT2D eigenvalue weighted by Crippen LogP contribution is -2.12. The van der Waals surface area contributed by atoms with E-state index in [1.165, 1.54) is 5.56 Å². The molecule has 2 N–H and O–H groups in total. The highest BCUT2D eigenvalue weighted by Crippen LogP contribution is 2.27. The predicted molar refractivity (Wildman–Crippen MR) is 110 cm³/mol. The van der Waals surface area contributed by atoms with Crippen LogP contribution in [-0.2, 0) is 0 Å². The van der Waals surface area contributed by atoms with Crippen molar-refractivity contribution in [2.75, 3.05) is 5.32 Å². The minimum absolute atomic E-state index is 0.199. The molecular weight excluding hydrogens is 334 g/mol. The summed E-state index contributed by atoms with van der Waals surface area (Å²) in [6.45, 7) is 4.26. The van der Waals surface area contributed by atoms with Crippen LogP contribution in [0.15, 0.2) is 72.8 Å². The molecule has 0 saturated heterocycles. The summed E-state index contributed by atoms with van der Waals surface area (Å²) in [5.74, 6) is 0.210. The van der Waals surface area contributed by atoms with Gasteiger partial charge in [0.1, 0.15) is 5.69 Å². The Morgan fingerprint density at radius 1 is 0.963 bits per heavy atom. The minimum Gasteiger partial charge on any atom is -0.321 e. The molecule has 0 fully saturated rings. The number of hydrogen-bond donors (Lipinski definition) is 2. The summed E-state index contributed by atoms with van der Waals surface area (Å²) in [6, 6.07) is 24.0. The topological polar surface area (TPSA) is 57.8 Å². The van der Waals surface area contributed by atoms with E-state index < -0.39 is 0 Å². The van der Waals surface area contributed by atoms with Crippen molar-refractivity contribution in [3.8, 4) is 11.3 Å². The first-order valence-corrected chi connectivity index (χ1v) is 9.06. The molecule has 0 unspecified atom stereocenters. The fourth-order valence-electron chi connectivity index (χ4n) is 3.20. The third-order valence-corrected chi connectivity index (χ3v) is 4.70. The summed E-state index contributed by atoms with van der Waals surface area (Å²) in [5.41, 5.74) is 4.17. The number of aromatic amines is 1. The number of benzene rings is 3. The van der Waals surface area contributed by atoms with Crippen LogP contribution in [0.25, 0.3) is 22.0 Å². The second kappa shape index (κ2) is 7.08. The zero-order valence-electron chi connectivity index (χ0n) is 15.4. The van der Waals surface area contributed by atoms with Gasteiger partial charge in [-0.25, -0.2) is 0 Å². The van der Waals surface area contributed by atoms with Gasteiger partial charge in [-0.05, 0) is 40.5 Å². The average molecular weight is 355 g/mol. The molecule has 4 nitrogen and oxygen atoms in total. The van der Waals surface area contributed by atoms with Crippen LogP contribution in [0, 0.1) is 0 Å². The molecule has 0 spiro atoms. The van der Waals surface area contributed by atoms with Gasteiger partial charge in [-0.2, -0.15) is 5.10 Å². The number of nitrogens with one attached hydrogen (secondary N) is 2. The van der Waals surface area contributed by atoms with Crippen LogP contribution in [0.1, 0.15) is 35.8 Å². The molecule has 1 amide bonds. The summed E-state index contributed by atoms with van der Waals surface area (Å²) in [6.07, 6.45) is 0. The summed E-state index contributed by atoms with van der Waals surface area (Å²) in [5, 5.41) is 12.4. The van der Waals surface area contributed by atoms with Gasteiger partial charge in [-0.3, -0.25) is 9.89 Å². The first kappa shape index (κ1) is 17.0. The normalized spacial score (nSPS) is 11.1. The molecule has 0 saturated carbocycles. The predicted octanol–water partition coefficient (Wildman–Crippen LogP) is 5.61. The molecule has 3 aromatic carbocycles. The van der Waals surface area contributed by atoms with Crippen LogP contribution < -0.4 is 5.32 Å². The lowest BCUT2D eigenvalue weighted by Gasteiger charge is -2.08. The lowest BCUT2D eigenvalue weighted by molar-refractivity contribution is 0.102. The molecule has 0 aliphatic heterocycles. The summed E-state index contributed by atoms with van der Waals surface area (Å²) >= 11 is 0. The maximum Gasteiger partial charge on any atom is 0.273 e. The third kappa shape index (κ3) is 3.47. The van der Waals surface area contributed by atoms with E-state index in [0.717, 1.165) is 27.7 Å². The quantitative estimate of drug-likeness (QED) is 0.500. The highest BCUT2D eigenvalue weighted by molar-refractivity contribution is 6.04. The van der Waals surface area contributed by atoms with Crippen molar-refractivity contribution >= 4 is 22.4 Å². The van der Waals surface area contributed by atoms with E-state index in [1.807, 2.05) is 42.5 Å². The number of carbonyl (C=O) groups excluding carboxylic acids is 1. The Morgan fingerprint density at radius 3 is 2.59 bits per heavy atom. The van der Waals surface area contributed by atoms with E-state index in [2.05, 4.69) is 53.6 Å². The number of fused-ring (bicyclic) bond motifs is 1. The maximum atomic E-state index is 12.6. The van der Waals surface area contributed by atoms with Gasteiger partial charge in [0.25, 0.3) is 5.91 Å². The molecule has 4 heteroatoms. The van der Waals surface area contributed by atoms with Crippen molar-refractivity contribution in [3.63, 3.8) is 0 Å². The second-order valence-electron chi connectivity index (χ2n) is 6.93. The van der Waals surface area contributed by atoms with Crippen LogP contribution in [-0.4, -0.2) is 16.1 Å². The molecule has 27 heavy (non-hydrogen) atoms. The Kier molecular flexibility index (Phi) is 4.47. The Balaban J connectivity index is 1.60. The van der Waals surface area contributed by atoms with Gasteiger partial charge >= 0.3 is 0 Å². The van der Waals surface area contributed by atoms with Gasteiger partial charge in [-0.15, -0.1) is 0 Å². The zero-order valence-corrected chi connectivity index (χ0v) is 15.4. The van der Waals surface area contributed by atoms with E-state index >= 15 is 0 Å². The van der Waals surface area contributed by atoms with E-state index in [9.17, 15) is 4.79 Å². The molecule has 4 aromatic rings. The van der Waals surface area contributed by atoms with Crippen LogP contribution >= 0.6 is 0 Å². The average Bonchev–Trinajstić information content (AvgIpc) is 3.18. The molecule has 1 heterocycles. The van der Waals surface area contributed by atoms with Gasteiger partial charge in [-0.1, -0.05) is 68.4 Å². The molecule has 0 aliphatic carbocycles. The fraction of sp³-hybridized carbons (Fsp3) is 0.130. The summed E-state index contributed by atoms with van der Waals surface area (Å²) < 4.78 is 0. The number of aromatic nitrogens is 2. The number of carbonyl (C=O) groups is 1. The molecular formula is C23H21N3O. The lowest BCUT2D eigenvalue weighted by atomic mass is 10.0. The number of hydrogen-bond acceptors (Lipinski definition) is 2. The van der Waals surface area contributed by atoms with E-state index in [1.54, 1.807) is 6.07 Å². The van der Waals surface area contributed by atoms with Crippen LogP contribution in [0.5, 0.6) is 0 Å². The van der Waals surface area contributed by atoms with Crippen LogP contribution in [0.4, 0.5) is 5.69 Å². The molecule has 0 aliphatic rings. The third-order valence-electron chi connectivity index (χ3n) is 4.70. The number of anilines is 1. The summed E-state index contributed by atoms with van der Waals surface area (Å²) in [4.78, 5) is 12.6. The molecule has 4 rings (SSSR count). The van der Waals surface area contributed by atoms with Gasteiger partial charge in [0.15, 0.2) is 0 Å². The van der Waals surface area contributed by atoms with Crippen LogP contribution in [0.2, 0.25) is 0 Å². The standard InChI is InChI=1S/C23H21N3O/c1-15(2)17-9-5-10-18(13-17)24-23(27)22-14-21(25-26-22)20-12-6-8-16-7-3-4-11-19(16)20/h3-15H,1-2H3,(H,24,27)(H,25,26). The Morgan fingerprint density at radius 2 is 1.74 bits per heavy atom. The van der Waals surface area contributed by atoms with Crippen molar-refractivity contribution in [3.05, 3.63) is 84.1 Å². The molecule has 0 atom stereocenters. The number of rotatable bonds is 4. The zero-order chi connectivity index (χ0) is 18.8. The van der Waals surface area contributed by atoms with Crippen molar-refractivity contribution in [1.82, 2.24) is 10.2 Å². The van der Waals surface area contributed by atoms with Gasteiger partial charge in [0.2, 0.25) is 0 Å². The maximum absolute atomic E-state index is 12.6. The number of amides is 1.